The van der Waals surface area contributed by atoms with Crippen molar-refractivity contribution in [1.82, 2.24) is 0 Å². The van der Waals surface area contributed by atoms with E-state index in [1.54, 1.807) is 12.1 Å². The van der Waals surface area contributed by atoms with Crippen LogP contribution in [0.15, 0.2) is 40.9 Å². The number of benzene rings is 2. The van der Waals surface area contributed by atoms with Gasteiger partial charge in [-0.2, -0.15) is 0 Å². The lowest BCUT2D eigenvalue weighted by atomic mass is 10.0. The Balaban J connectivity index is 2.26. The number of Topliss-reactive ketones (excluding diaryl/α,β-unsaturated/α-hetero) is 1. The Hall–Kier alpha value is -1.75. The largest absolute Gasteiger partial charge is 0.494 e. The molecule has 0 saturated heterocycles. The minimum absolute atomic E-state index is 0.0243. The molecular weight excluding hydrogens is 330 g/mol. The van der Waals surface area contributed by atoms with Crippen molar-refractivity contribution < 1.29 is 18.3 Å². The van der Waals surface area contributed by atoms with Crippen LogP contribution in [0.5, 0.6) is 5.75 Å². The number of rotatable bonds is 4. The van der Waals surface area contributed by atoms with Crippen LogP contribution in [0.25, 0.3) is 0 Å². The van der Waals surface area contributed by atoms with E-state index in [2.05, 4.69) is 15.9 Å². The average Bonchev–Trinajstić information content (AvgIpc) is 2.38. The van der Waals surface area contributed by atoms with Crippen molar-refractivity contribution in [3.63, 3.8) is 0 Å². The SMILES string of the molecule is COc1ccc(CC(=O)c2c(F)cccc2Br)cc1F. The quantitative estimate of drug-likeness (QED) is 0.781. The number of ketones is 1. The Morgan fingerprint density at radius 2 is 1.95 bits per heavy atom. The van der Waals surface area contributed by atoms with E-state index in [0.717, 1.165) is 0 Å². The fourth-order valence-electron chi connectivity index (χ4n) is 1.86. The van der Waals surface area contributed by atoms with Crippen molar-refractivity contribution >= 4 is 21.7 Å². The first-order chi connectivity index (χ1) is 9.52. The van der Waals surface area contributed by atoms with E-state index >= 15 is 0 Å². The number of carbonyl (C=O) groups is 1. The minimum atomic E-state index is -0.599. The Kier molecular flexibility index (Phi) is 4.49. The highest BCUT2D eigenvalue weighted by atomic mass is 79.9. The molecule has 0 aliphatic carbocycles. The summed E-state index contributed by atoms with van der Waals surface area (Å²) in [5, 5.41) is 0. The van der Waals surface area contributed by atoms with Crippen LogP contribution >= 0.6 is 15.9 Å². The molecule has 2 aromatic carbocycles. The summed E-state index contributed by atoms with van der Waals surface area (Å²) in [6.07, 6.45) is -0.0829. The van der Waals surface area contributed by atoms with Gasteiger partial charge < -0.3 is 4.74 Å². The van der Waals surface area contributed by atoms with Gasteiger partial charge in [-0.3, -0.25) is 4.79 Å². The molecule has 2 rings (SSSR count). The Labute approximate surface area is 123 Å². The summed E-state index contributed by atoms with van der Waals surface area (Å²) in [7, 11) is 1.36. The maximum atomic E-state index is 13.7. The molecule has 0 heterocycles. The highest BCUT2D eigenvalue weighted by molar-refractivity contribution is 9.10. The minimum Gasteiger partial charge on any atom is -0.494 e. The predicted octanol–water partition coefficient (Wildman–Crippen LogP) is 4.16. The van der Waals surface area contributed by atoms with Gasteiger partial charge in [0.05, 0.1) is 12.7 Å². The summed E-state index contributed by atoms with van der Waals surface area (Å²) in [4.78, 5) is 12.1. The lowest BCUT2D eigenvalue weighted by molar-refractivity contribution is 0.0988. The molecule has 0 fully saturated rings. The van der Waals surface area contributed by atoms with E-state index in [0.29, 0.717) is 10.0 Å². The maximum absolute atomic E-state index is 13.7. The van der Waals surface area contributed by atoms with Gasteiger partial charge in [-0.1, -0.05) is 12.1 Å². The average molecular weight is 341 g/mol. The molecule has 0 bridgehead atoms. The van der Waals surface area contributed by atoms with E-state index in [1.807, 2.05) is 0 Å². The van der Waals surface area contributed by atoms with Crippen LogP contribution < -0.4 is 4.74 Å². The summed E-state index contributed by atoms with van der Waals surface area (Å²) in [6.45, 7) is 0. The van der Waals surface area contributed by atoms with Gasteiger partial charge in [0, 0.05) is 10.9 Å². The van der Waals surface area contributed by atoms with Gasteiger partial charge in [0.25, 0.3) is 0 Å². The molecular formula is C15H11BrF2O2. The molecule has 0 aliphatic heterocycles. The lowest BCUT2D eigenvalue weighted by Gasteiger charge is -2.07. The number of hydrogen-bond acceptors (Lipinski definition) is 2. The molecule has 2 nitrogen and oxygen atoms in total. The zero-order valence-corrected chi connectivity index (χ0v) is 12.2. The fourth-order valence-corrected chi connectivity index (χ4v) is 2.42. The number of carbonyl (C=O) groups excluding carboxylic acids is 1. The second kappa shape index (κ2) is 6.13. The highest BCUT2D eigenvalue weighted by Crippen LogP contribution is 2.23. The molecule has 0 aliphatic rings. The Morgan fingerprint density at radius 3 is 2.55 bits per heavy atom. The smallest absolute Gasteiger partial charge is 0.171 e. The van der Waals surface area contributed by atoms with Gasteiger partial charge in [-0.15, -0.1) is 0 Å². The first-order valence-corrected chi connectivity index (χ1v) is 6.62. The van der Waals surface area contributed by atoms with Crippen LogP contribution in [-0.4, -0.2) is 12.9 Å². The molecule has 0 amide bonds. The molecule has 2 aromatic rings. The summed E-state index contributed by atoms with van der Waals surface area (Å²) in [5.41, 5.74) is 0.437. The first-order valence-electron chi connectivity index (χ1n) is 5.82. The van der Waals surface area contributed by atoms with Gasteiger partial charge in [0.1, 0.15) is 5.82 Å². The second-order valence-corrected chi connectivity index (χ2v) is 5.02. The van der Waals surface area contributed by atoms with Crippen molar-refractivity contribution in [2.24, 2.45) is 0 Å². The van der Waals surface area contributed by atoms with Crippen LogP contribution in [0.1, 0.15) is 15.9 Å². The van der Waals surface area contributed by atoms with Gasteiger partial charge in [0.15, 0.2) is 17.3 Å². The third-order valence-electron chi connectivity index (χ3n) is 2.82. The molecule has 104 valence electrons. The number of halogens is 3. The maximum Gasteiger partial charge on any atom is 0.171 e. The standard InChI is InChI=1S/C15H11BrF2O2/c1-20-14-6-5-9(7-12(14)18)8-13(19)15-10(16)3-2-4-11(15)17/h2-7H,8H2,1H3. The molecule has 0 saturated carbocycles. The van der Waals surface area contributed by atoms with Crippen LogP contribution in [0, 0.1) is 11.6 Å². The Morgan fingerprint density at radius 1 is 1.20 bits per heavy atom. The van der Waals surface area contributed by atoms with E-state index in [1.165, 1.54) is 31.4 Å². The summed E-state index contributed by atoms with van der Waals surface area (Å²) < 4.78 is 32.4. The molecule has 0 N–H and O–H groups in total. The van der Waals surface area contributed by atoms with E-state index in [-0.39, 0.29) is 17.7 Å². The highest BCUT2D eigenvalue weighted by Gasteiger charge is 2.16. The zero-order valence-electron chi connectivity index (χ0n) is 10.6. The van der Waals surface area contributed by atoms with Crippen LogP contribution in [-0.2, 0) is 6.42 Å². The molecule has 0 spiro atoms. The summed E-state index contributed by atoms with van der Waals surface area (Å²) in [5.74, 6) is -1.46. The van der Waals surface area contributed by atoms with Crippen molar-refractivity contribution in [2.75, 3.05) is 7.11 Å². The van der Waals surface area contributed by atoms with E-state index in [9.17, 15) is 13.6 Å². The van der Waals surface area contributed by atoms with Crippen molar-refractivity contribution in [1.29, 1.82) is 0 Å². The third kappa shape index (κ3) is 3.04. The normalized spacial score (nSPS) is 10.4. The van der Waals surface area contributed by atoms with E-state index in [4.69, 9.17) is 4.74 Å². The molecule has 0 atom stereocenters. The zero-order chi connectivity index (χ0) is 14.7. The summed E-state index contributed by atoms with van der Waals surface area (Å²) >= 11 is 3.14. The fraction of sp³-hybridized carbons (Fsp3) is 0.133. The van der Waals surface area contributed by atoms with Crippen LogP contribution in [0.2, 0.25) is 0 Å². The molecule has 0 unspecified atom stereocenters. The van der Waals surface area contributed by atoms with Gasteiger partial charge in [-0.25, -0.2) is 8.78 Å². The van der Waals surface area contributed by atoms with Crippen LogP contribution in [0.4, 0.5) is 8.78 Å². The number of methoxy groups -OCH3 is 1. The second-order valence-electron chi connectivity index (χ2n) is 4.17. The van der Waals surface area contributed by atoms with Crippen LogP contribution in [0.3, 0.4) is 0 Å². The van der Waals surface area contributed by atoms with E-state index < -0.39 is 17.4 Å². The Bertz CT molecular complexity index is 636. The van der Waals surface area contributed by atoms with Crippen molar-refractivity contribution in [3.8, 4) is 5.75 Å². The topological polar surface area (TPSA) is 26.3 Å². The molecule has 5 heteroatoms. The van der Waals surface area contributed by atoms with Gasteiger partial charge >= 0.3 is 0 Å². The third-order valence-corrected chi connectivity index (χ3v) is 3.48. The predicted molar refractivity (Wildman–Crippen MR) is 75.1 cm³/mol. The first kappa shape index (κ1) is 14.7. The van der Waals surface area contributed by atoms with Gasteiger partial charge in [0.2, 0.25) is 0 Å². The molecule has 20 heavy (non-hydrogen) atoms. The van der Waals surface area contributed by atoms with Crippen molar-refractivity contribution in [3.05, 3.63) is 63.6 Å². The molecule has 0 radical (unpaired) electrons. The number of ether oxygens (including phenoxy) is 1. The lowest BCUT2D eigenvalue weighted by Crippen LogP contribution is -2.07. The monoisotopic (exact) mass is 340 g/mol. The van der Waals surface area contributed by atoms with Crippen molar-refractivity contribution in [2.45, 2.75) is 6.42 Å². The summed E-state index contributed by atoms with van der Waals surface area (Å²) in [6, 6.07) is 8.54. The van der Waals surface area contributed by atoms with Gasteiger partial charge in [-0.05, 0) is 45.8 Å². The molecule has 0 aromatic heterocycles. The number of hydrogen-bond donors (Lipinski definition) is 0.